The maximum atomic E-state index is 16.1. The van der Waals surface area contributed by atoms with E-state index in [4.69, 9.17) is 28.3 Å². The fourth-order valence-corrected chi connectivity index (χ4v) is 5.83. The van der Waals surface area contributed by atoms with E-state index in [1.807, 2.05) is 0 Å². The minimum atomic E-state index is -1.47. The van der Waals surface area contributed by atoms with E-state index in [1.54, 1.807) is 0 Å². The van der Waals surface area contributed by atoms with Gasteiger partial charge in [-0.1, -0.05) is 16.9 Å². The summed E-state index contributed by atoms with van der Waals surface area (Å²) in [5.41, 5.74) is 1.23. The van der Waals surface area contributed by atoms with E-state index in [2.05, 4.69) is 46.2 Å². The molecular weight excluding hydrogens is 390 g/mol. The quantitative estimate of drug-likeness (QED) is 0.357. The molecule has 4 rings (SSSR count). The van der Waals surface area contributed by atoms with Crippen molar-refractivity contribution >= 4 is 23.5 Å². The Morgan fingerprint density at radius 3 is 2.84 bits per heavy atom. The molecule has 4 aliphatic rings. The van der Waals surface area contributed by atoms with Gasteiger partial charge in [0.15, 0.2) is 0 Å². The molecule has 3 aliphatic heterocycles. The molecule has 0 bridgehead atoms. The number of hydrogen-bond donors (Lipinski definition) is 4. The topological polar surface area (TPSA) is 60.6 Å². The van der Waals surface area contributed by atoms with Crippen LogP contribution in [0.25, 0.3) is 0 Å². The zero-order valence-corrected chi connectivity index (χ0v) is 18.8. The van der Waals surface area contributed by atoms with Crippen molar-refractivity contribution in [3.63, 3.8) is 0 Å². The molecule has 4 N–H and O–H groups in total. The number of halogens is 1. The molecule has 0 amide bonds. The van der Waals surface area contributed by atoms with E-state index < -0.39 is 11.4 Å². The van der Waals surface area contributed by atoms with Crippen molar-refractivity contribution in [2.75, 3.05) is 26.7 Å². The summed E-state index contributed by atoms with van der Waals surface area (Å²) in [7, 11) is 19.3. The van der Waals surface area contributed by atoms with E-state index in [-0.39, 0.29) is 36.6 Å². The van der Waals surface area contributed by atoms with Crippen molar-refractivity contribution in [3.05, 3.63) is 11.6 Å². The highest BCUT2D eigenvalue weighted by Crippen LogP contribution is 2.44. The number of rotatable bonds is 5. The summed E-state index contributed by atoms with van der Waals surface area (Å²) >= 11 is 0. The van der Waals surface area contributed by atoms with Crippen LogP contribution >= 0.6 is 0 Å². The van der Waals surface area contributed by atoms with Crippen molar-refractivity contribution in [2.24, 2.45) is 11.8 Å². The third-order valence-electron chi connectivity index (χ3n) is 7.21. The van der Waals surface area contributed by atoms with Crippen LogP contribution in [0.3, 0.4) is 0 Å². The van der Waals surface area contributed by atoms with E-state index in [0.717, 1.165) is 51.8 Å². The highest BCUT2D eigenvalue weighted by atomic mass is 19.1. The van der Waals surface area contributed by atoms with Crippen LogP contribution in [0, 0.1) is 11.8 Å². The van der Waals surface area contributed by atoms with Crippen LogP contribution in [0.1, 0.15) is 39.0 Å². The van der Waals surface area contributed by atoms with Gasteiger partial charge in [0.2, 0.25) is 0 Å². The van der Waals surface area contributed by atoms with Crippen LogP contribution in [0.5, 0.6) is 0 Å². The summed E-state index contributed by atoms with van der Waals surface area (Å²) < 4.78 is 22.1. The first-order valence-corrected chi connectivity index (χ1v) is 11.8. The van der Waals surface area contributed by atoms with E-state index >= 15 is 4.39 Å². The molecule has 0 aromatic carbocycles. The predicted molar refractivity (Wildman–Crippen MR) is 124 cm³/mol. The Morgan fingerprint density at radius 2 is 2.06 bits per heavy atom. The third kappa shape index (κ3) is 5.95. The van der Waals surface area contributed by atoms with Gasteiger partial charge in [0.25, 0.3) is 0 Å². The van der Waals surface area contributed by atoms with E-state index in [9.17, 15) is 0 Å². The molecule has 3 fully saturated rings. The molecule has 8 atom stereocenters. The summed E-state index contributed by atoms with van der Waals surface area (Å²) in [5.74, 6) is 0.209. The largest absolute Gasteiger partial charge is 0.377 e. The number of nitrogens with zero attached hydrogens (tertiary/aromatic N) is 1. The van der Waals surface area contributed by atoms with Crippen molar-refractivity contribution in [1.82, 2.24) is 26.2 Å². The first-order valence-electron chi connectivity index (χ1n) is 11.8. The molecule has 6 nitrogen and oxygen atoms in total. The second-order valence-corrected chi connectivity index (χ2v) is 10.0. The van der Waals surface area contributed by atoms with Gasteiger partial charge in [0.05, 0.1) is 35.8 Å². The maximum Gasteiger partial charge on any atom is 0.124 e. The van der Waals surface area contributed by atoms with Gasteiger partial charge in [-0.2, -0.15) is 0 Å². The van der Waals surface area contributed by atoms with Crippen LogP contribution in [-0.4, -0.2) is 97.2 Å². The summed E-state index contributed by atoms with van der Waals surface area (Å²) in [6.45, 7) is 4.74. The van der Waals surface area contributed by atoms with Crippen LogP contribution in [0.2, 0.25) is 0 Å². The van der Waals surface area contributed by atoms with Gasteiger partial charge < -0.3 is 15.0 Å². The Balaban J connectivity index is 1.46. The summed E-state index contributed by atoms with van der Waals surface area (Å²) in [6.07, 6.45) is 5.35. The zero-order valence-electron chi connectivity index (χ0n) is 18.8. The summed E-state index contributed by atoms with van der Waals surface area (Å²) in [5, 5.41) is 11.9. The molecule has 0 aromatic heterocycles. The van der Waals surface area contributed by atoms with E-state index in [1.165, 1.54) is 5.57 Å². The molecule has 0 aromatic rings. The molecule has 31 heavy (non-hydrogen) atoms. The minimum Gasteiger partial charge on any atom is -0.377 e. The van der Waals surface area contributed by atoms with Gasteiger partial charge in [-0.25, -0.2) is 4.39 Å². The van der Waals surface area contributed by atoms with Crippen molar-refractivity contribution in [2.45, 2.75) is 81.1 Å². The molecule has 2 saturated heterocycles. The molecule has 10 heteroatoms. The molecular formula is C21H35B3FN5O. The molecule has 166 valence electrons. The fourth-order valence-electron chi connectivity index (χ4n) is 5.83. The highest BCUT2D eigenvalue weighted by molar-refractivity contribution is 6.59. The molecule has 1 saturated carbocycles. The lowest BCUT2D eigenvalue weighted by atomic mass is 9.49. The minimum absolute atomic E-state index is 0.00402. The maximum absolute atomic E-state index is 16.1. The standard InChI is InChI=1S/C21H35B3FN5O/c1-12-10-16(29-21(22,23)24)28-20(26-12)27-15-11-14-6-9-31-19(14)17(18(15)25)13-4-3-7-30(2)8-5-13/h5,12,14-20,26-29H,3-4,6-11H2,1-2H3. The average molecular weight is 425 g/mol. The first-order chi connectivity index (χ1) is 14.7. The predicted octanol–water partition coefficient (Wildman–Crippen LogP) is -0.353. The number of hydrogen-bond acceptors (Lipinski definition) is 6. The second-order valence-electron chi connectivity index (χ2n) is 10.0. The van der Waals surface area contributed by atoms with Gasteiger partial charge in [0.1, 0.15) is 12.5 Å². The number of fused-ring (bicyclic) bond motifs is 1. The van der Waals surface area contributed by atoms with Crippen LogP contribution < -0.4 is 21.3 Å². The monoisotopic (exact) mass is 425 g/mol. The first kappa shape index (κ1) is 23.8. The van der Waals surface area contributed by atoms with Gasteiger partial charge in [0, 0.05) is 31.2 Å². The van der Waals surface area contributed by atoms with Crippen LogP contribution in [-0.2, 0) is 4.74 Å². The zero-order chi connectivity index (χ0) is 22.2. The Bertz CT molecular complexity index is 651. The Labute approximate surface area is 190 Å². The van der Waals surface area contributed by atoms with E-state index in [0.29, 0.717) is 5.92 Å². The lowest BCUT2D eigenvalue weighted by Crippen LogP contribution is -2.72. The number of ether oxygens (including phenoxy) is 1. The van der Waals surface area contributed by atoms with Crippen molar-refractivity contribution in [3.8, 4) is 0 Å². The number of alkyl halides is 1. The van der Waals surface area contributed by atoms with Crippen molar-refractivity contribution in [1.29, 1.82) is 0 Å². The summed E-state index contributed by atoms with van der Waals surface area (Å²) in [6, 6.07) is -0.0668. The smallest absolute Gasteiger partial charge is 0.124 e. The van der Waals surface area contributed by atoms with Gasteiger partial charge in [-0.15, -0.1) is 0 Å². The van der Waals surface area contributed by atoms with Gasteiger partial charge in [-0.05, 0) is 58.5 Å². The molecule has 6 radical (unpaired) electrons. The summed E-state index contributed by atoms with van der Waals surface area (Å²) in [4.78, 5) is 2.29. The van der Waals surface area contributed by atoms with Crippen LogP contribution in [0.15, 0.2) is 11.6 Å². The molecule has 8 unspecified atom stereocenters. The highest BCUT2D eigenvalue weighted by Gasteiger charge is 2.49. The SMILES string of the molecule is [B]C([B])([B])NC1CC(C)NC(NC2CC3CCOC3C(C3=CCN(C)CCC3)C2F)N1. The van der Waals surface area contributed by atoms with Crippen LogP contribution in [0.4, 0.5) is 4.39 Å². The van der Waals surface area contributed by atoms with Crippen molar-refractivity contribution < 1.29 is 9.13 Å². The number of nitrogens with one attached hydrogen (secondary N) is 4. The Kier molecular flexibility index (Phi) is 7.56. The number of likely N-dealkylation sites (N-methyl/N-ethyl adjacent to an activating group) is 1. The van der Waals surface area contributed by atoms with Gasteiger partial charge in [-0.3, -0.25) is 16.0 Å². The normalized spacial score (nSPS) is 42.6. The molecule has 0 spiro atoms. The molecule has 1 aliphatic carbocycles. The fraction of sp³-hybridized carbons (Fsp3) is 0.905. The Hall–Kier alpha value is -0.375. The van der Waals surface area contributed by atoms with Gasteiger partial charge >= 0.3 is 0 Å². The lowest BCUT2D eigenvalue weighted by molar-refractivity contribution is -0.0263. The third-order valence-corrected chi connectivity index (χ3v) is 7.21. The lowest BCUT2D eigenvalue weighted by Gasteiger charge is -2.46. The Morgan fingerprint density at radius 1 is 1.26 bits per heavy atom. The average Bonchev–Trinajstić information content (AvgIpc) is 3.01. The second kappa shape index (κ2) is 9.86. The molecule has 3 heterocycles.